The average Bonchev–Trinajstić information content (AvgIpc) is 2.81. The van der Waals surface area contributed by atoms with E-state index in [4.69, 9.17) is 0 Å². The number of hydrogen-bond acceptors (Lipinski definition) is 5. The molecular weight excluding hydrogens is 328 g/mol. The number of nitrogens with one attached hydrogen (secondary N) is 1. The van der Waals surface area contributed by atoms with Gasteiger partial charge in [0.2, 0.25) is 0 Å². The van der Waals surface area contributed by atoms with E-state index >= 15 is 0 Å². The first kappa shape index (κ1) is 14.0. The number of nitrogens with zero attached hydrogens (tertiary/aromatic N) is 3. The molecule has 0 fully saturated rings. The minimum Gasteiger partial charge on any atom is -0.364 e. The summed E-state index contributed by atoms with van der Waals surface area (Å²) in [5.74, 6) is 0.496. The normalized spacial score (nSPS) is 10.3. The summed E-state index contributed by atoms with van der Waals surface area (Å²) in [6.07, 6.45) is 0. The lowest BCUT2D eigenvalue weighted by Crippen LogP contribution is -2.23. The van der Waals surface area contributed by atoms with E-state index in [2.05, 4.69) is 31.4 Å². The number of anilines is 1. The lowest BCUT2D eigenvalue weighted by Gasteiger charge is -2.09. The van der Waals surface area contributed by atoms with Crippen LogP contribution in [-0.2, 0) is 6.54 Å². The van der Waals surface area contributed by atoms with Crippen LogP contribution in [-0.4, -0.2) is 35.1 Å². The summed E-state index contributed by atoms with van der Waals surface area (Å²) in [4.78, 5) is 14.3. The molecule has 5 nitrogen and oxygen atoms in total. The Morgan fingerprint density at radius 3 is 2.68 bits per heavy atom. The van der Waals surface area contributed by atoms with Gasteiger partial charge in [-0.2, -0.15) is 0 Å². The van der Waals surface area contributed by atoms with Crippen molar-refractivity contribution in [3.8, 4) is 0 Å². The second kappa shape index (κ2) is 6.12. The molecule has 0 bridgehead atoms. The molecule has 2 aromatic heterocycles. The number of carbonyl (C=O) groups excluding carboxylic acids is 1. The molecule has 0 aliphatic rings. The molecule has 19 heavy (non-hydrogen) atoms. The van der Waals surface area contributed by atoms with Crippen molar-refractivity contribution in [3.05, 3.63) is 38.6 Å². The van der Waals surface area contributed by atoms with Gasteiger partial charge in [-0.25, -0.2) is 0 Å². The van der Waals surface area contributed by atoms with E-state index in [0.29, 0.717) is 18.1 Å². The standard InChI is InChI=1S/C12H13BrN4OS/c1-17(2)12(18)9-3-4-11(16-15-9)14-7-10-8(13)5-6-19-10/h3-6H,7H2,1-2H3,(H,14,16). The first-order valence-electron chi connectivity index (χ1n) is 5.59. The van der Waals surface area contributed by atoms with Crippen LogP contribution in [0, 0.1) is 0 Å². The first-order valence-corrected chi connectivity index (χ1v) is 7.26. The second-order valence-electron chi connectivity index (χ2n) is 4.05. The van der Waals surface area contributed by atoms with Gasteiger partial charge in [0.05, 0.1) is 6.54 Å². The highest BCUT2D eigenvalue weighted by Gasteiger charge is 2.10. The van der Waals surface area contributed by atoms with Gasteiger partial charge in [-0.05, 0) is 39.5 Å². The van der Waals surface area contributed by atoms with Gasteiger partial charge in [0.15, 0.2) is 5.69 Å². The topological polar surface area (TPSA) is 58.1 Å². The van der Waals surface area contributed by atoms with E-state index in [9.17, 15) is 4.79 Å². The summed E-state index contributed by atoms with van der Waals surface area (Å²) in [6, 6.07) is 5.43. The van der Waals surface area contributed by atoms with Gasteiger partial charge < -0.3 is 10.2 Å². The molecule has 0 radical (unpaired) electrons. The third-order valence-electron chi connectivity index (χ3n) is 2.41. The molecule has 0 saturated carbocycles. The molecular formula is C12H13BrN4OS. The number of rotatable bonds is 4. The molecule has 0 saturated heterocycles. The zero-order valence-corrected chi connectivity index (χ0v) is 13.0. The minimum absolute atomic E-state index is 0.153. The van der Waals surface area contributed by atoms with Gasteiger partial charge in [0.25, 0.3) is 5.91 Å². The molecule has 2 rings (SSSR count). The maximum absolute atomic E-state index is 11.6. The maximum Gasteiger partial charge on any atom is 0.273 e. The lowest BCUT2D eigenvalue weighted by atomic mass is 10.3. The Kier molecular flexibility index (Phi) is 4.49. The van der Waals surface area contributed by atoms with Gasteiger partial charge in [-0.3, -0.25) is 4.79 Å². The average molecular weight is 341 g/mol. The first-order chi connectivity index (χ1) is 9.08. The van der Waals surface area contributed by atoms with Crippen LogP contribution in [0.4, 0.5) is 5.82 Å². The summed E-state index contributed by atoms with van der Waals surface area (Å²) >= 11 is 5.13. The predicted octanol–water partition coefficient (Wildman–Crippen LogP) is 2.61. The second-order valence-corrected chi connectivity index (χ2v) is 5.90. The van der Waals surface area contributed by atoms with Crippen molar-refractivity contribution in [1.29, 1.82) is 0 Å². The van der Waals surface area contributed by atoms with Crippen LogP contribution < -0.4 is 5.32 Å². The molecule has 0 aliphatic heterocycles. The van der Waals surface area contributed by atoms with Gasteiger partial charge in [-0.1, -0.05) is 0 Å². The zero-order chi connectivity index (χ0) is 13.8. The van der Waals surface area contributed by atoms with Crippen LogP contribution in [0.15, 0.2) is 28.1 Å². The summed E-state index contributed by atoms with van der Waals surface area (Å²) in [6.45, 7) is 0.675. The molecule has 1 amide bonds. The highest BCUT2D eigenvalue weighted by atomic mass is 79.9. The van der Waals surface area contributed by atoms with Crippen LogP contribution in [0.2, 0.25) is 0 Å². The summed E-state index contributed by atoms with van der Waals surface area (Å²) in [5, 5.41) is 13.1. The molecule has 0 spiro atoms. The molecule has 0 aromatic carbocycles. The Labute approximate surface area is 123 Å². The van der Waals surface area contributed by atoms with E-state index in [1.165, 1.54) is 9.78 Å². The maximum atomic E-state index is 11.6. The van der Waals surface area contributed by atoms with Crippen molar-refractivity contribution in [1.82, 2.24) is 15.1 Å². The number of amides is 1. The van der Waals surface area contributed by atoms with E-state index < -0.39 is 0 Å². The van der Waals surface area contributed by atoms with Gasteiger partial charge in [-0.15, -0.1) is 21.5 Å². The Bertz CT molecular complexity index is 567. The molecule has 1 N–H and O–H groups in total. The highest BCUT2D eigenvalue weighted by molar-refractivity contribution is 9.10. The fraction of sp³-hybridized carbons (Fsp3) is 0.250. The molecule has 0 atom stereocenters. The summed E-state index contributed by atoms with van der Waals surface area (Å²) in [5.41, 5.74) is 0.341. The molecule has 2 aromatic rings. The highest BCUT2D eigenvalue weighted by Crippen LogP contribution is 2.23. The van der Waals surface area contributed by atoms with Crippen molar-refractivity contribution < 1.29 is 4.79 Å². The van der Waals surface area contributed by atoms with Gasteiger partial charge in [0, 0.05) is 23.4 Å². The van der Waals surface area contributed by atoms with Crippen LogP contribution in [0.3, 0.4) is 0 Å². The van der Waals surface area contributed by atoms with Crippen LogP contribution >= 0.6 is 27.3 Å². The monoisotopic (exact) mass is 340 g/mol. The smallest absolute Gasteiger partial charge is 0.273 e. The summed E-state index contributed by atoms with van der Waals surface area (Å²) < 4.78 is 1.08. The lowest BCUT2D eigenvalue weighted by molar-refractivity contribution is 0.0821. The molecule has 0 aliphatic carbocycles. The van der Waals surface area contributed by atoms with E-state index in [1.54, 1.807) is 37.6 Å². The SMILES string of the molecule is CN(C)C(=O)c1ccc(NCc2sccc2Br)nn1. The fourth-order valence-electron chi connectivity index (χ4n) is 1.39. The number of aromatic nitrogens is 2. The molecule has 7 heteroatoms. The quantitative estimate of drug-likeness (QED) is 0.929. The van der Waals surface area contributed by atoms with Crippen molar-refractivity contribution in [2.75, 3.05) is 19.4 Å². The fourth-order valence-corrected chi connectivity index (χ4v) is 2.82. The third kappa shape index (κ3) is 3.51. The van der Waals surface area contributed by atoms with E-state index in [1.807, 2.05) is 11.4 Å². The number of carbonyl (C=O) groups is 1. The Morgan fingerprint density at radius 2 is 2.16 bits per heavy atom. The van der Waals surface area contributed by atoms with Crippen LogP contribution in [0.5, 0.6) is 0 Å². The largest absolute Gasteiger partial charge is 0.364 e. The minimum atomic E-state index is -0.153. The Balaban J connectivity index is 1.99. The van der Waals surface area contributed by atoms with Crippen molar-refractivity contribution in [2.24, 2.45) is 0 Å². The van der Waals surface area contributed by atoms with E-state index in [0.717, 1.165) is 4.47 Å². The van der Waals surface area contributed by atoms with Crippen LogP contribution in [0.25, 0.3) is 0 Å². The number of halogens is 1. The molecule has 2 heterocycles. The van der Waals surface area contributed by atoms with Crippen molar-refractivity contribution in [3.63, 3.8) is 0 Å². The predicted molar refractivity (Wildman–Crippen MR) is 79.4 cm³/mol. The molecule has 100 valence electrons. The van der Waals surface area contributed by atoms with E-state index in [-0.39, 0.29) is 5.91 Å². The Hall–Kier alpha value is -1.47. The van der Waals surface area contributed by atoms with Crippen molar-refractivity contribution in [2.45, 2.75) is 6.54 Å². The van der Waals surface area contributed by atoms with Gasteiger partial charge >= 0.3 is 0 Å². The number of thiophene rings is 1. The van der Waals surface area contributed by atoms with Crippen molar-refractivity contribution >= 4 is 39.0 Å². The van der Waals surface area contributed by atoms with Gasteiger partial charge in [0.1, 0.15) is 5.82 Å². The Morgan fingerprint density at radius 1 is 1.37 bits per heavy atom. The third-order valence-corrected chi connectivity index (χ3v) is 4.34. The van der Waals surface area contributed by atoms with Crippen LogP contribution in [0.1, 0.15) is 15.4 Å². The number of hydrogen-bond donors (Lipinski definition) is 1. The zero-order valence-electron chi connectivity index (χ0n) is 10.6. The summed E-state index contributed by atoms with van der Waals surface area (Å²) in [7, 11) is 3.37. The molecule has 0 unspecified atom stereocenters.